The largest absolute Gasteiger partial charge is 0.409 e. The summed E-state index contributed by atoms with van der Waals surface area (Å²) in [6.07, 6.45) is 1.42. The van der Waals surface area contributed by atoms with Crippen LogP contribution in [0.25, 0.3) is 0 Å². The number of piperidine rings is 1. The van der Waals surface area contributed by atoms with Gasteiger partial charge in [0.1, 0.15) is 11.5 Å². The lowest BCUT2D eigenvalue weighted by Crippen LogP contribution is -2.42. The first-order valence-electron chi connectivity index (χ1n) is 5.94. The first kappa shape index (κ1) is 12.6. The second kappa shape index (κ2) is 4.81. The van der Waals surface area contributed by atoms with Crippen molar-refractivity contribution < 1.29 is 10.3 Å². The number of hydrogen-bond donors (Lipinski definition) is 3. The van der Waals surface area contributed by atoms with Crippen molar-refractivity contribution in [2.24, 2.45) is 10.9 Å². The molecule has 1 aliphatic heterocycles. The van der Waals surface area contributed by atoms with Crippen molar-refractivity contribution >= 4 is 11.7 Å². The van der Waals surface area contributed by atoms with Gasteiger partial charge in [-0.2, -0.15) is 0 Å². The Morgan fingerprint density at radius 3 is 2.72 bits per heavy atom. The fraction of sp³-hybridized carbons (Fsp3) is 0.500. The van der Waals surface area contributed by atoms with Crippen LogP contribution in [0, 0.1) is 0 Å². The molecule has 0 radical (unpaired) electrons. The number of rotatable bonds is 2. The van der Waals surface area contributed by atoms with Crippen LogP contribution in [0.1, 0.15) is 25.5 Å². The first-order chi connectivity index (χ1) is 8.52. The smallest absolute Gasteiger partial charge is 0.188 e. The number of hydrogen-bond acceptors (Lipinski definition) is 5. The minimum atomic E-state index is -0.584. The Hall–Kier alpha value is -1.82. The molecular formula is C12H18N4O2. The minimum Gasteiger partial charge on any atom is -0.409 e. The highest BCUT2D eigenvalue weighted by Gasteiger charge is 2.27. The van der Waals surface area contributed by atoms with Gasteiger partial charge in [-0.1, -0.05) is 11.2 Å². The zero-order valence-electron chi connectivity index (χ0n) is 10.4. The summed E-state index contributed by atoms with van der Waals surface area (Å²) in [4.78, 5) is 6.43. The molecule has 2 heterocycles. The summed E-state index contributed by atoms with van der Waals surface area (Å²) in [5.74, 6) is 0.787. The SMILES string of the molecule is CC1(O)CCN(c2cccc(/C(N)=N/O)n2)CC1. The lowest BCUT2D eigenvalue weighted by molar-refractivity contribution is 0.0350. The molecule has 1 aromatic rings. The van der Waals surface area contributed by atoms with E-state index >= 15 is 0 Å². The lowest BCUT2D eigenvalue weighted by atomic mass is 9.94. The fourth-order valence-corrected chi connectivity index (χ4v) is 2.01. The van der Waals surface area contributed by atoms with Gasteiger partial charge in [0, 0.05) is 13.1 Å². The van der Waals surface area contributed by atoms with Crippen molar-refractivity contribution in [3.05, 3.63) is 23.9 Å². The van der Waals surface area contributed by atoms with Crippen LogP contribution < -0.4 is 10.6 Å². The van der Waals surface area contributed by atoms with Crippen LogP contribution in [0.4, 0.5) is 5.82 Å². The monoisotopic (exact) mass is 250 g/mol. The molecule has 18 heavy (non-hydrogen) atoms. The number of nitrogens with two attached hydrogens (primary N) is 1. The standard InChI is InChI=1S/C12H18N4O2/c1-12(17)5-7-16(8-6-12)10-4-2-3-9(14-10)11(13)15-18/h2-4,17-18H,5-8H2,1H3,(H2,13,15). The van der Waals surface area contributed by atoms with Gasteiger partial charge >= 0.3 is 0 Å². The summed E-state index contributed by atoms with van der Waals surface area (Å²) in [6.45, 7) is 3.35. The van der Waals surface area contributed by atoms with E-state index in [2.05, 4.69) is 15.0 Å². The van der Waals surface area contributed by atoms with Crippen molar-refractivity contribution in [3.63, 3.8) is 0 Å². The number of pyridine rings is 1. The van der Waals surface area contributed by atoms with Gasteiger partial charge < -0.3 is 20.9 Å². The molecule has 1 saturated heterocycles. The second-order valence-electron chi connectivity index (χ2n) is 4.85. The van der Waals surface area contributed by atoms with Crippen LogP contribution in [0.5, 0.6) is 0 Å². The topological polar surface area (TPSA) is 95.0 Å². The number of aliphatic hydroxyl groups is 1. The van der Waals surface area contributed by atoms with E-state index in [1.54, 1.807) is 6.07 Å². The molecular weight excluding hydrogens is 232 g/mol. The summed E-state index contributed by atoms with van der Waals surface area (Å²) in [7, 11) is 0. The molecule has 0 saturated carbocycles. The Morgan fingerprint density at radius 2 is 2.11 bits per heavy atom. The number of anilines is 1. The van der Waals surface area contributed by atoms with Crippen LogP contribution >= 0.6 is 0 Å². The van der Waals surface area contributed by atoms with Gasteiger partial charge in [-0.15, -0.1) is 0 Å². The van der Waals surface area contributed by atoms with Crippen LogP contribution in [0.2, 0.25) is 0 Å². The Kier molecular flexibility index (Phi) is 3.38. The van der Waals surface area contributed by atoms with E-state index in [-0.39, 0.29) is 5.84 Å². The van der Waals surface area contributed by atoms with Crippen LogP contribution in [-0.2, 0) is 0 Å². The van der Waals surface area contributed by atoms with Crippen molar-refractivity contribution in [1.82, 2.24) is 4.98 Å². The normalized spacial score (nSPS) is 19.9. The van der Waals surface area contributed by atoms with E-state index in [9.17, 15) is 5.11 Å². The molecule has 0 unspecified atom stereocenters. The van der Waals surface area contributed by atoms with Crippen LogP contribution in [0.15, 0.2) is 23.4 Å². The average molecular weight is 250 g/mol. The third-order valence-electron chi connectivity index (χ3n) is 3.27. The van der Waals surface area contributed by atoms with E-state index in [1.807, 2.05) is 19.1 Å². The zero-order chi connectivity index (χ0) is 13.2. The quantitative estimate of drug-likeness (QED) is 0.308. The van der Waals surface area contributed by atoms with Gasteiger partial charge in [-0.25, -0.2) is 4.98 Å². The van der Waals surface area contributed by atoms with Crippen molar-refractivity contribution in [2.45, 2.75) is 25.4 Å². The van der Waals surface area contributed by atoms with Gasteiger partial charge in [-0.3, -0.25) is 0 Å². The highest BCUT2D eigenvalue weighted by Crippen LogP contribution is 2.24. The van der Waals surface area contributed by atoms with Crippen LogP contribution in [-0.4, -0.2) is 39.8 Å². The van der Waals surface area contributed by atoms with E-state index in [0.717, 1.165) is 18.9 Å². The minimum absolute atomic E-state index is 0.000793. The maximum Gasteiger partial charge on any atom is 0.188 e. The van der Waals surface area contributed by atoms with Crippen molar-refractivity contribution in [2.75, 3.05) is 18.0 Å². The molecule has 0 spiro atoms. The molecule has 0 amide bonds. The molecule has 4 N–H and O–H groups in total. The molecule has 98 valence electrons. The Labute approximate surface area is 106 Å². The average Bonchev–Trinajstić information content (AvgIpc) is 2.38. The molecule has 2 rings (SSSR count). The molecule has 0 atom stereocenters. The van der Waals surface area contributed by atoms with E-state index < -0.39 is 5.60 Å². The molecule has 1 fully saturated rings. The van der Waals surface area contributed by atoms with Crippen molar-refractivity contribution in [3.8, 4) is 0 Å². The molecule has 0 bridgehead atoms. The molecule has 1 aliphatic rings. The Bertz CT molecular complexity index is 449. The molecule has 6 nitrogen and oxygen atoms in total. The summed E-state index contributed by atoms with van der Waals surface area (Å²) >= 11 is 0. The summed E-state index contributed by atoms with van der Waals surface area (Å²) in [5, 5.41) is 21.5. The third kappa shape index (κ3) is 2.70. The number of nitrogens with zero attached hydrogens (tertiary/aromatic N) is 3. The maximum absolute atomic E-state index is 9.90. The van der Waals surface area contributed by atoms with E-state index in [4.69, 9.17) is 10.9 Å². The van der Waals surface area contributed by atoms with Gasteiger partial charge in [0.25, 0.3) is 0 Å². The highest BCUT2D eigenvalue weighted by molar-refractivity contribution is 5.95. The zero-order valence-corrected chi connectivity index (χ0v) is 10.4. The summed E-state index contributed by atoms with van der Waals surface area (Å²) in [5.41, 5.74) is 5.38. The summed E-state index contributed by atoms with van der Waals surface area (Å²) < 4.78 is 0. The molecule has 0 aromatic carbocycles. The van der Waals surface area contributed by atoms with E-state index in [1.165, 1.54) is 0 Å². The van der Waals surface area contributed by atoms with Crippen LogP contribution in [0.3, 0.4) is 0 Å². The first-order valence-corrected chi connectivity index (χ1v) is 5.94. The van der Waals surface area contributed by atoms with Gasteiger partial charge in [-0.05, 0) is 31.9 Å². The third-order valence-corrected chi connectivity index (χ3v) is 3.27. The molecule has 0 aliphatic carbocycles. The van der Waals surface area contributed by atoms with Gasteiger partial charge in [0.05, 0.1) is 5.60 Å². The number of aromatic nitrogens is 1. The number of oxime groups is 1. The van der Waals surface area contributed by atoms with Gasteiger partial charge in [0.15, 0.2) is 5.84 Å². The molecule has 6 heteroatoms. The second-order valence-corrected chi connectivity index (χ2v) is 4.85. The predicted molar refractivity (Wildman–Crippen MR) is 68.8 cm³/mol. The van der Waals surface area contributed by atoms with E-state index in [0.29, 0.717) is 18.5 Å². The Morgan fingerprint density at radius 1 is 1.44 bits per heavy atom. The summed E-state index contributed by atoms with van der Waals surface area (Å²) in [6, 6.07) is 5.40. The van der Waals surface area contributed by atoms with Gasteiger partial charge in [0.2, 0.25) is 0 Å². The highest BCUT2D eigenvalue weighted by atomic mass is 16.4. The number of amidine groups is 1. The maximum atomic E-state index is 9.90. The fourth-order valence-electron chi connectivity index (χ4n) is 2.01. The lowest BCUT2D eigenvalue weighted by Gasteiger charge is -2.36. The predicted octanol–water partition coefficient (Wildman–Crippen LogP) is 0.527. The van der Waals surface area contributed by atoms with Crippen molar-refractivity contribution in [1.29, 1.82) is 0 Å². The molecule has 1 aromatic heterocycles. The Balaban J connectivity index is 2.15.